The highest BCUT2D eigenvalue weighted by Crippen LogP contribution is 2.11. The Morgan fingerprint density at radius 1 is 1.08 bits per heavy atom. The van der Waals surface area contributed by atoms with Crippen molar-refractivity contribution < 1.29 is 9.59 Å². The summed E-state index contributed by atoms with van der Waals surface area (Å²) in [4.78, 5) is 28.8. The van der Waals surface area contributed by atoms with Gasteiger partial charge >= 0.3 is 0 Å². The number of nitrogens with one attached hydrogen (secondary N) is 1. The van der Waals surface area contributed by atoms with Crippen LogP contribution in [0.4, 0.5) is 0 Å². The van der Waals surface area contributed by atoms with Gasteiger partial charge in [-0.1, -0.05) is 36.4 Å². The quantitative estimate of drug-likeness (QED) is 0.929. The summed E-state index contributed by atoms with van der Waals surface area (Å²) in [6, 6.07) is 11.5. The predicted molar refractivity (Wildman–Crippen MR) is 97.8 cm³/mol. The molecule has 0 fully saturated rings. The molecule has 2 amide bonds. The molecular weight excluding hydrogens is 312 g/mol. The van der Waals surface area contributed by atoms with Gasteiger partial charge in [-0.2, -0.15) is 0 Å². The highest BCUT2D eigenvalue weighted by atomic mass is 16.2. The first kappa shape index (κ1) is 17.1. The van der Waals surface area contributed by atoms with Gasteiger partial charge in [0.25, 0.3) is 11.8 Å². The second kappa shape index (κ2) is 7.01. The summed E-state index contributed by atoms with van der Waals surface area (Å²) < 4.78 is 0. The number of fused-ring (bicyclic) bond motifs is 1. The number of hydrogen-bond acceptors (Lipinski definition) is 2. The van der Waals surface area contributed by atoms with Crippen LogP contribution in [0.25, 0.3) is 6.08 Å². The van der Waals surface area contributed by atoms with Crippen LogP contribution in [0.1, 0.15) is 33.5 Å². The van der Waals surface area contributed by atoms with Gasteiger partial charge in [-0.15, -0.1) is 0 Å². The van der Waals surface area contributed by atoms with Crippen LogP contribution in [0.2, 0.25) is 0 Å². The molecule has 1 aliphatic heterocycles. The van der Waals surface area contributed by atoms with E-state index in [-0.39, 0.29) is 17.7 Å². The van der Waals surface area contributed by atoms with E-state index in [9.17, 15) is 9.59 Å². The maximum atomic E-state index is 12.3. The maximum absolute atomic E-state index is 12.3. The fraction of sp³-hybridized carbons (Fsp3) is 0.286. The summed E-state index contributed by atoms with van der Waals surface area (Å²) in [5, 5.41) is 4.68. The zero-order valence-electron chi connectivity index (χ0n) is 14.8. The molecule has 25 heavy (non-hydrogen) atoms. The summed E-state index contributed by atoms with van der Waals surface area (Å²) in [5.41, 5.74) is 3.79. The van der Waals surface area contributed by atoms with Gasteiger partial charge in [-0.25, -0.2) is 4.99 Å². The van der Waals surface area contributed by atoms with Gasteiger partial charge in [-0.3, -0.25) is 9.59 Å². The van der Waals surface area contributed by atoms with Crippen LogP contribution in [0, 0.1) is 26.7 Å². The van der Waals surface area contributed by atoms with Crippen molar-refractivity contribution in [3.8, 4) is 0 Å². The van der Waals surface area contributed by atoms with E-state index >= 15 is 0 Å². The van der Waals surface area contributed by atoms with Crippen LogP contribution in [0.15, 0.2) is 41.4 Å². The van der Waals surface area contributed by atoms with Crippen molar-refractivity contribution in [1.29, 1.82) is 0 Å². The maximum Gasteiger partial charge on any atom is 0.253 e. The zero-order chi connectivity index (χ0) is 18.0. The van der Waals surface area contributed by atoms with Crippen molar-refractivity contribution in [2.75, 3.05) is 6.54 Å². The van der Waals surface area contributed by atoms with Gasteiger partial charge in [0.2, 0.25) is 0 Å². The highest BCUT2D eigenvalue weighted by Gasteiger charge is 2.19. The molecule has 0 saturated carbocycles. The summed E-state index contributed by atoms with van der Waals surface area (Å²) in [5.74, 6) is -0.525. The Morgan fingerprint density at radius 2 is 1.84 bits per heavy atom. The molecule has 128 valence electrons. The normalized spacial score (nSPS) is 15.8. The third-order valence-corrected chi connectivity index (χ3v) is 4.78. The molecule has 0 radical (unpaired) electrons. The number of nitrogens with zero attached hydrogens (tertiary/aromatic N) is 1. The fourth-order valence-corrected chi connectivity index (χ4v) is 3.06. The third-order valence-electron chi connectivity index (χ3n) is 4.78. The van der Waals surface area contributed by atoms with E-state index in [4.69, 9.17) is 0 Å². The molecule has 0 bridgehead atoms. The molecule has 4 nitrogen and oxygen atoms in total. The van der Waals surface area contributed by atoms with Crippen molar-refractivity contribution in [2.24, 2.45) is 10.9 Å². The van der Waals surface area contributed by atoms with Crippen molar-refractivity contribution in [1.82, 2.24) is 5.32 Å². The lowest BCUT2D eigenvalue weighted by Gasteiger charge is -2.14. The van der Waals surface area contributed by atoms with Gasteiger partial charge in [-0.05, 0) is 55.2 Å². The Bertz CT molecular complexity index is 960. The Morgan fingerprint density at radius 3 is 2.60 bits per heavy atom. The van der Waals surface area contributed by atoms with E-state index < -0.39 is 0 Å². The van der Waals surface area contributed by atoms with Gasteiger partial charge in [0.15, 0.2) is 0 Å². The fourth-order valence-electron chi connectivity index (χ4n) is 3.06. The molecule has 4 heteroatoms. The van der Waals surface area contributed by atoms with E-state index in [1.165, 1.54) is 0 Å². The standard InChI is InChI=1S/C21H22N2O2/c1-13-8-9-16-12-17(20(24)23-19(16)15(13)3)10-11-22-21(25)18-7-5-4-6-14(18)2/h4-9,12,17H,10-11H2,1-3H3,(H,22,25). The Hall–Kier alpha value is -2.75. The second-order valence-corrected chi connectivity index (χ2v) is 6.53. The summed E-state index contributed by atoms with van der Waals surface area (Å²) in [6.07, 6.45) is 2.52. The molecule has 0 aromatic heterocycles. The molecule has 2 aromatic carbocycles. The van der Waals surface area contributed by atoms with Gasteiger partial charge in [0.05, 0.1) is 11.3 Å². The highest BCUT2D eigenvalue weighted by molar-refractivity contribution is 5.95. The molecule has 0 spiro atoms. The lowest BCUT2D eigenvalue weighted by molar-refractivity contribution is -0.120. The van der Waals surface area contributed by atoms with Gasteiger partial charge < -0.3 is 5.32 Å². The molecule has 2 aromatic rings. The lowest BCUT2D eigenvalue weighted by atomic mass is 9.97. The summed E-state index contributed by atoms with van der Waals surface area (Å²) in [6.45, 7) is 6.35. The van der Waals surface area contributed by atoms with E-state index in [1.54, 1.807) is 6.07 Å². The van der Waals surface area contributed by atoms with Crippen LogP contribution in [0.5, 0.6) is 0 Å². The van der Waals surface area contributed by atoms with E-state index in [2.05, 4.69) is 10.3 Å². The van der Waals surface area contributed by atoms with Crippen molar-refractivity contribution >= 4 is 17.9 Å². The zero-order valence-corrected chi connectivity index (χ0v) is 14.8. The predicted octanol–water partition coefficient (Wildman–Crippen LogP) is 1.99. The van der Waals surface area contributed by atoms with Crippen LogP contribution >= 0.6 is 0 Å². The van der Waals surface area contributed by atoms with E-state index in [0.29, 0.717) is 18.5 Å². The van der Waals surface area contributed by atoms with Crippen molar-refractivity contribution in [2.45, 2.75) is 27.2 Å². The Kier molecular flexibility index (Phi) is 4.79. The number of rotatable bonds is 4. The van der Waals surface area contributed by atoms with E-state index in [0.717, 1.165) is 27.3 Å². The molecule has 0 saturated heterocycles. The smallest absolute Gasteiger partial charge is 0.253 e. The lowest BCUT2D eigenvalue weighted by Crippen LogP contribution is -2.37. The Labute approximate surface area is 147 Å². The van der Waals surface area contributed by atoms with E-state index in [1.807, 2.05) is 57.2 Å². The van der Waals surface area contributed by atoms with Gasteiger partial charge in [0.1, 0.15) is 0 Å². The summed E-state index contributed by atoms with van der Waals surface area (Å²) in [7, 11) is 0. The van der Waals surface area contributed by atoms with Crippen LogP contribution < -0.4 is 15.9 Å². The van der Waals surface area contributed by atoms with Crippen molar-refractivity contribution in [3.63, 3.8) is 0 Å². The minimum Gasteiger partial charge on any atom is -0.352 e. The molecule has 1 aliphatic rings. The molecule has 1 heterocycles. The minimum absolute atomic E-state index is 0.106. The van der Waals surface area contributed by atoms with Crippen LogP contribution in [-0.2, 0) is 4.79 Å². The SMILES string of the molecule is Cc1ccccc1C(=O)NCCC1C=c2ccc(C)c(C)c2=NC1=O. The average Bonchev–Trinajstić information content (AvgIpc) is 2.60. The van der Waals surface area contributed by atoms with Crippen LogP contribution in [-0.4, -0.2) is 18.4 Å². The topological polar surface area (TPSA) is 58.5 Å². The summed E-state index contributed by atoms with van der Waals surface area (Å²) >= 11 is 0. The largest absolute Gasteiger partial charge is 0.352 e. The Balaban J connectivity index is 1.69. The first-order valence-electron chi connectivity index (χ1n) is 8.52. The number of benzene rings is 2. The number of aryl methyl sites for hydroxylation is 2. The number of carbonyl (C=O) groups is 2. The number of amides is 2. The molecule has 1 N–H and O–H groups in total. The molecule has 1 unspecified atom stereocenters. The van der Waals surface area contributed by atoms with Crippen LogP contribution in [0.3, 0.4) is 0 Å². The average molecular weight is 334 g/mol. The monoisotopic (exact) mass is 334 g/mol. The van der Waals surface area contributed by atoms with Gasteiger partial charge in [0, 0.05) is 12.1 Å². The molecule has 1 atom stereocenters. The number of carbonyl (C=O) groups excluding carboxylic acids is 2. The third kappa shape index (κ3) is 3.53. The minimum atomic E-state index is -0.285. The molecule has 0 aliphatic carbocycles. The second-order valence-electron chi connectivity index (χ2n) is 6.53. The number of hydrogen-bond donors (Lipinski definition) is 1. The molecular formula is C21H22N2O2. The molecule has 3 rings (SSSR count). The first-order chi connectivity index (χ1) is 12.0. The first-order valence-corrected chi connectivity index (χ1v) is 8.52. The van der Waals surface area contributed by atoms with Crippen molar-refractivity contribution in [3.05, 3.63) is 69.2 Å².